The van der Waals surface area contributed by atoms with Crippen LogP contribution in [0, 0.1) is 6.92 Å². The van der Waals surface area contributed by atoms with Crippen molar-refractivity contribution >= 4 is 34.6 Å². The number of Topliss-reactive ketones (excluding diaryl/α,β-unsaturated/α-hetero) is 1. The molecule has 0 radical (unpaired) electrons. The summed E-state index contributed by atoms with van der Waals surface area (Å²) in [5, 5.41) is 4.19. The maximum absolute atomic E-state index is 14.4. The zero-order chi connectivity index (χ0) is 29.5. The molecule has 1 N–H and O–H groups in total. The van der Waals surface area contributed by atoms with Gasteiger partial charge in [0.05, 0.1) is 6.54 Å². The highest BCUT2D eigenvalue weighted by atomic mass is 35.5. The number of aromatic nitrogens is 1. The van der Waals surface area contributed by atoms with Crippen LogP contribution in [0.2, 0.25) is 5.02 Å². The Labute approximate surface area is 259 Å². The van der Waals surface area contributed by atoms with Gasteiger partial charge in [-0.15, -0.1) is 0 Å². The number of aryl methyl sites for hydroxylation is 1. The first-order valence-electron chi connectivity index (χ1n) is 16.1. The molecule has 1 unspecified atom stereocenters. The average molecular weight is 597 g/mol. The maximum atomic E-state index is 14.4. The Kier molecular flexibility index (Phi) is 7.91. The summed E-state index contributed by atoms with van der Waals surface area (Å²) < 4.78 is 2.08. The van der Waals surface area contributed by atoms with Gasteiger partial charge < -0.3 is 19.7 Å². The minimum Gasteiger partial charge on any atom is -0.370 e. The van der Waals surface area contributed by atoms with Gasteiger partial charge in [0.1, 0.15) is 11.7 Å². The summed E-state index contributed by atoms with van der Waals surface area (Å²) in [7, 11) is 0. The predicted octanol–water partition coefficient (Wildman–Crippen LogP) is 7.51. The van der Waals surface area contributed by atoms with Gasteiger partial charge in [0, 0.05) is 41.1 Å². The Hall–Kier alpha value is -3.35. The van der Waals surface area contributed by atoms with Crippen LogP contribution in [-0.2, 0) is 6.54 Å². The summed E-state index contributed by atoms with van der Waals surface area (Å²) in [6.07, 6.45) is 11.4. The largest absolute Gasteiger partial charge is 0.370 e. The van der Waals surface area contributed by atoms with Crippen molar-refractivity contribution in [3.8, 4) is 0 Å². The molecule has 7 rings (SSSR count). The number of anilines is 1. The average Bonchev–Trinajstić information content (AvgIpc) is 3.78. The second-order valence-corrected chi connectivity index (χ2v) is 13.2. The number of nitrogens with zero attached hydrogens (tertiary/aromatic N) is 3. The number of carbonyl (C=O) groups excluding carboxylic acids is 2. The Morgan fingerprint density at radius 2 is 1.81 bits per heavy atom. The molecule has 224 valence electrons. The topological polar surface area (TPSA) is 57.6 Å². The number of benzene rings is 2. The molecule has 4 heterocycles. The lowest BCUT2D eigenvalue weighted by Crippen LogP contribution is -2.43. The third kappa shape index (κ3) is 5.44. The smallest absolute Gasteiger partial charge is 0.270 e. The number of para-hydroxylation sites is 1. The van der Waals surface area contributed by atoms with E-state index in [1.807, 2.05) is 43.3 Å². The highest BCUT2D eigenvalue weighted by Gasteiger charge is 2.36. The Bertz CT molecular complexity index is 1580. The molecule has 2 aromatic carbocycles. The van der Waals surface area contributed by atoms with Crippen LogP contribution in [0.3, 0.4) is 0 Å². The molecule has 4 aliphatic rings. The molecule has 1 aromatic heterocycles. The standard InChI is InChI=1S/C36H41ClN4O2/c1-24-20-29(25-10-3-2-4-11-25)30(37)21-28(24)35(42)34-32-15-16-33(41(32)22-26-12-5-6-14-31(26)38-34)36(43)40-19-9-13-27(40)23-39-17-7-8-18-39/h5-6,10,12,14-16,20-21,27,34,38H,2-4,7-9,11,13,17-19,22-23H2,1H3/t27-,34?/m0/s1. The van der Waals surface area contributed by atoms with E-state index in [1.54, 1.807) is 0 Å². The zero-order valence-corrected chi connectivity index (χ0v) is 25.8. The first-order chi connectivity index (χ1) is 21.0. The summed E-state index contributed by atoms with van der Waals surface area (Å²) in [5.41, 5.74) is 7.32. The highest BCUT2D eigenvalue weighted by Crippen LogP contribution is 2.37. The quantitative estimate of drug-likeness (QED) is 0.299. The summed E-state index contributed by atoms with van der Waals surface area (Å²) in [6, 6.07) is 15.5. The van der Waals surface area contributed by atoms with E-state index in [1.165, 1.54) is 31.3 Å². The van der Waals surface area contributed by atoms with Crippen LogP contribution in [-0.4, -0.2) is 58.3 Å². The molecule has 1 aliphatic carbocycles. The van der Waals surface area contributed by atoms with Gasteiger partial charge in [0.15, 0.2) is 5.78 Å². The molecular formula is C36H41ClN4O2. The minimum atomic E-state index is -0.640. The number of fused-ring (bicyclic) bond motifs is 2. The fourth-order valence-electron chi connectivity index (χ4n) is 7.63. The van der Waals surface area contributed by atoms with E-state index < -0.39 is 6.04 Å². The SMILES string of the molecule is Cc1cc(C2=CCCCC2)c(Cl)cc1C(=O)C1Nc2ccccc2Cn2c(C(=O)N3CCC[C@H]3CN3CCCC3)ccc21. The molecule has 3 aliphatic heterocycles. The van der Waals surface area contributed by atoms with E-state index in [9.17, 15) is 9.59 Å². The van der Waals surface area contributed by atoms with Crippen LogP contribution in [0.1, 0.15) is 101 Å². The first-order valence-corrected chi connectivity index (χ1v) is 16.5. The van der Waals surface area contributed by atoms with E-state index in [0.29, 0.717) is 22.8 Å². The van der Waals surface area contributed by atoms with Crippen molar-refractivity contribution in [2.45, 2.75) is 76.9 Å². The van der Waals surface area contributed by atoms with Crippen LogP contribution in [0.4, 0.5) is 5.69 Å². The van der Waals surface area contributed by atoms with Gasteiger partial charge in [-0.05, 0) is 124 Å². The molecule has 3 aromatic rings. The van der Waals surface area contributed by atoms with Crippen molar-refractivity contribution in [1.82, 2.24) is 14.4 Å². The van der Waals surface area contributed by atoms with Gasteiger partial charge in [0.25, 0.3) is 5.91 Å². The third-order valence-corrected chi connectivity index (χ3v) is 10.3. The lowest BCUT2D eigenvalue weighted by Gasteiger charge is -2.29. The van der Waals surface area contributed by atoms with Gasteiger partial charge in [0.2, 0.25) is 0 Å². The highest BCUT2D eigenvalue weighted by molar-refractivity contribution is 6.33. The second-order valence-electron chi connectivity index (χ2n) is 12.8. The van der Waals surface area contributed by atoms with Crippen LogP contribution in [0.25, 0.3) is 5.57 Å². The predicted molar refractivity (Wildman–Crippen MR) is 173 cm³/mol. The van der Waals surface area contributed by atoms with Crippen LogP contribution in [0.5, 0.6) is 0 Å². The number of nitrogens with one attached hydrogen (secondary N) is 1. The molecule has 0 bridgehead atoms. The van der Waals surface area contributed by atoms with Crippen molar-refractivity contribution in [2.75, 3.05) is 31.5 Å². The Morgan fingerprint density at radius 3 is 2.63 bits per heavy atom. The van der Waals surface area contributed by atoms with Crippen molar-refractivity contribution in [3.05, 3.63) is 93.3 Å². The number of rotatable bonds is 6. The summed E-state index contributed by atoms with van der Waals surface area (Å²) in [5.74, 6) is 0.0366. The number of carbonyl (C=O) groups is 2. The fourth-order valence-corrected chi connectivity index (χ4v) is 7.92. The van der Waals surface area contributed by atoms with E-state index in [2.05, 4.69) is 37.9 Å². The first kappa shape index (κ1) is 28.4. The number of ketones is 1. The number of halogens is 1. The summed E-state index contributed by atoms with van der Waals surface area (Å²) >= 11 is 6.85. The second kappa shape index (κ2) is 12.0. The fraction of sp³-hybridized carbons (Fsp3) is 0.444. The van der Waals surface area contributed by atoms with E-state index in [-0.39, 0.29) is 17.7 Å². The van der Waals surface area contributed by atoms with Crippen LogP contribution < -0.4 is 5.32 Å². The molecule has 2 fully saturated rings. The van der Waals surface area contributed by atoms with Crippen molar-refractivity contribution in [3.63, 3.8) is 0 Å². The maximum Gasteiger partial charge on any atom is 0.270 e. The van der Waals surface area contributed by atoms with Gasteiger partial charge in [-0.2, -0.15) is 0 Å². The van der Waals surface area contributed by atoms with Gasteiger partial charge in [-0.25, -0.2) is 0 Å². The Balaban J connectivity index is 1.23. The Morgan fingerprint density at radius 1 is 0.977 bits per heavy atom. The number of hydrogen-bond donors (Lipinski definition) is 1. The molecule has 7 heteroatoms. The lowest BCUT2D eigenvalue weighted by atomic mass is 9.90. The van der Waals surface area contributed by atoms with E-state index >= 15 is 0 Å². The lowest BCUT2D eigenvalue weighted by molar-refractivity contribution is 0.0697. The van der Waals surface area contributed by atoms with Gasteiger partial charge in [-0.1, -0.05) is 35.9 Å². The number of allylic oxidation sites excluding steroid dienone is 2. The molecule has 0 saturated carbocycles. The molecule has 6 nitrogen and oxygen atoms in total. The molecule has 2 saturated heterocycles. The van der Waals surface area contributed by atoms with Crippen LogP contribution in [0.15, 0.2) is 54.6 Å². The molecule has 2 atom stereocenters. The molecule has 43 heavy (non-hydrogen) atoms. The van der Waals surface area contributed by atoms with Crippen molar-refractivity contribution in [2.24, 2.45) is 0 Å². The number of likely N-dealkylation sites (tertiary alicyclic amines) is 2. The summed E-state index contributed by atoms with van der Waals surface area (Å²) in [4.78, 5) is 33.2. The molecule has 1 amide bonds. The van der Waals surface area contributed by atoms with Crippen molar-refractivity contribution < 1.29 is 9.59 Å². The molecular weight excluding hydrogens is 556 g/mol. The van der Waals surface area contributed by atoms with Crippen LogP contribution >= 0.6 is 11.6 Å². The third-order valence-electron chi connectivity index (χ3n) is 9.96. The van der Waals surface area contributed by atoms with E-state index in [0.717, 1.165) is 79.9 Å². The normalized spacial score (nSPS) is 22.0. The van der Waals surface area contributed by atoms with E-state index in [4.69, 9.17) is 11.6 Å². The minimum absolute atomic E-state index is 0.0355. The monoisotopic (exact) mass is 596 g/mol. The molecule has 0 spiro atoms. The van der Waals surface area contributed by atoms with Crippen molar-refractivity contribution in [1.29, 1.82) is 0 Å². The number of hydrogen-bond acceptors (Lipinski definition) is 4. The summed E-state index contributed by atoms with van der Waals surface area (Å²) in [6.45, 7) is 6.55. The zero-order valence-electron chi connectivity index (χ0n) is 25.1. The van der Waals surface area contributed by atoms with Gasteiger partial charge >= 0.3 is 0 Å². The van der Waals surface area contributed by atoms with Gasteiger partial charge in [-0.3, -0.25) is 9.59 Å². The number of amides is 1.